The van der Waals surface area contributed by atoms with Crippen LogP contribution in [-0.4, -0.2) is 20.9 Å². The third-order valence-electron chi connectivity index (χ3n) is 4.70. The van der Waals surface area contributed by atoms with E-state index in [9.17, 15) is 17.6 Å². The van der Waals surface area contributed by atoms with Crippen LogP contribution in [0.4, 0.5) is 10.1 Å². The van der Waals surface area contributed by atoms with Crippen LogP contribution in [0.1, 0.15) is 25.7 Å². The summed E-state index contributed by atoms with van der Waals surface area (Å²) in [6, 6.07) is 8.99. The molecule has 1 heterocycles. The van der Waals surface area contributed by atoms with Crippen molar-refractivity contribution in [1.29, 1.82) is 0 Å². The zero-order valence-electron chi connectivity index (χ0n) is 14.5. The number of rotatable bonds is 6. The Morgan fingerprint density at radius 1 is 1.11 bits per heavy atom. The SMILES string of the molecule is O=C(Nc1ccc(F)cc1)C1CCC(CNS(=O)(=O)c2ccc(Br)s2)CC1. The molecular formula is C18H20BrFN2O3S2. The summed E-state index contributed by atoms with van der Waals surface area (Å²) < 4.78 is 41.2. The van der Waals surface area contributed by atoms with E-state index >= 15 is 0 Å². The van der Waals surface area contributed by atoms with Crippen molar-refractivity contribution in [1.82, 2.24) is 4.72 Å². The van der Waals surface area contributed by atoms with E-state index in [1.54, 1.807) is 12.1 Å². The molecule has 27 heavy (non-hydrogen) atoms. The predicted octanol–water partition coefficient (Wildman–Crippen LogP) is 4.37. The second-order valence-electron chi connectivity index (χ2n) is 6.62. The number of thiophene rings is 1. The number of anilines is 1. The van der Waals surface area contributed by atoms with Gasteiger partial charge in [0.1, 0.15) is 10.0 Å². The number of carbonyl (C=O) groups excluding carboxylic acids is 1. The lowest BCUT2D eigenvalue weighted by atomic mass is 9.81. The molecule has 5 nitrogen and oxygen atoms in total. The van der Waals surface area contributed by atoms with Crippen LogP contribution in [0.15, 0.2) is 44.4 Å². The van der Waals surface area contributed by atoms with E-state index in [0.29, 0.717) is 29.3 Å². The van der Waals surface area contributed by atoms with Crippen LogP contribution in [-0.2, 0) is 14.8 Å². The average molecular weight is 475 g/mol. The van der Waals surface area contributed by atoms with Crippen molar-refractivity contribution in [2.75, 3.05) is 11.9 Å². The molecule has 1 amide bonds. The Labute approximate surface area is 170 Å². The van der Waals surface area contributed by atoms with Crippen molar-refractivity contribution in [3.05, 3.63) is 46.0 Å². The molecule has 1 aliphatic rings. The quantitative estimate of drug-likeness (QED) is 0.652. The van der Waals surface area contributed by atoms with Gasteiger partial charge in [-0.05, 0) is 83.9 Å². The summed E-state index contributed by atoms with van der Waals surface area (Å²) in [4.78, 5) is 12.3. The number of sulfonamides is 1. The van der Waals surface area contributed by atoms with Crippen LogP contribution in [0, 0.1) is 17.7 Å². The maximum absolute atomic E-state index is 12.9. The molecule has 0 atom stereocenters. The van der Waals surface area contributed by atoms with E-state index in [1.165, 1.54) is 35.6 Å². The number of carbonyl (C=O) groups is 1. The lowest BCUT2D eigenvalue weighted by Crippen LogP contribution is -2.33. The van der Waals surface area contributed by atoms with E-state index in [1.807, 2.05) is 0 Å². The van der Waals surface area contributed by atoms with Crippen LogP contribution >= 0.6 is 27.3 Å². The van der Waals surface area contributed by atoms with Crippen LogP contribution in [0.25, 0.3) is 0 Å². The summed E-state index contributed by atoms with van der Waals surface area (Å²) in [6.07, 6.45) is 3.00. The second-order valence-corrected chi connectivity index (χ2v) is 11.1. The molecule has 3 rings (SSSR count). The van der Waals surface area contributed by atoms with E-state index in [2.05, 4.69) is 26.0 Å². The molecule has 146 valence electrons. The molecule has 0 unspecified atom stereocenters. The topological polar surface area (TPSA) is 75.3 Å². The smallest absolute Gasteiger partial charge is 0.250 e. The summed E-state index contributed by atoms with van der Waals surface area (Å²) in [5, 5.41) is 2.81. The van der Waals surface area contributed by atoms with Gasteiger partial charge in [0.2, 0.25) is 15.9 Å². The summed E-state index contributed by atoms with van der Waals surface area (Å²) in [5.74, 6) is -0.288. The van der Waals surface area contributed by atoms with Crippen molar-refractivity contribution >= 4 is 48.9 Å². The zero-order chi connectivity index (χ0) is 19.4. The van der Waals surface area contributed by atoms with E-state index < -0.39 is 10.0 Å². The lowest BCUT2D eigenvalue weighted by molar-refractivity contribution is -0.121. The van der Waals surface area contributed by atoms with Gasteiger partial charge in [0.05, 0.1) is 3.79 Å². The normalized spacial score (nSPS) is 20.4. The molecule has 0 bridgehead atoms. The molecule has 2 N–H and O–H groups in total. The molecule has 1 aromatic carbocycles. The highest BCUT2D eigenvalue weighted by atomic mass is 79.9. The van der Waals surface area contributed by atoms with Gasteiger partial charge >= 0.3 is 0 Å². The number of hydrogen-bond donors (Lipinski definition) is 2. The van der Waals surface area contributed by atoms with Crippen LogP contribution in [0.3, 0.4) is 0 Å². The fraction of sp³-hybridized carbons (Fsp3) is 0.389. The Hall–Kier alpha value is -1.29. The first kappa shape index (κ1) is 20.4. The molecule has 2 aromatic rings. The molecular weight excluding hydrogens is 455 g/mol. The maximum Gasteiger partial charge on any atom is 0.250 e. The lowest BCUT2D eigenvalue weighted by Gasteiger charge is -2.27. The maximum atomic E-state index is 12.9. The van der Waals surface area contributed by atoms with Gasteiger partial charge in [-0.1, -0.05) is 0 Å². The molecule has 0 aliphatic heterocycles. The Kier molecular flexibility index (Phi) is 6.67. The summed E-state index contributed by atoms with van der Waals surface area (Å²) in [7, 11) is -3.48. The molecule has 0 radical (unpaired) electrons. The molecule has 9 heteroatoms. The van der Waals surface area contributed by atoms with Gasteiger partial charge in [0, 0.05) is 18.2 Å². The summed E-state index contributed by atoms with van der Waals surface area (Å²) in [5.41, 5.74) is 0.582. The fourth-order valence-electron chi connectivity index (χ4n) is 3.15. The number of nitrogens with one attached hydrogen (secondary N) is 2. The number of benzene rings is 1. The Balaban J connectivity index is 1.46. The van der Waals surface area contributed by atoms with Crippen molar-refractivity contribution in [3.8, 4) is 0 Å². The summed E-state index contributed by atoms with van der Waals surface area (Å²) >= 11 is 4.45. The molecule has 0 saturated heterocycles. The molecule has 0 spiro atoms. The monoisotopic (exact) mass is 474 g/mol. The number of halogens is 2. The van der Waals surface area contributed by atoms with Crippen LogP contribution < -0.4 is 10.0 Å². The summed E-state index contributed by atoms with van der Waals surface area (Å²) in [6.45, 7) is 0.379. The van der Waals surface area contributed by atoms with Gasteiger partial charge in [0.15, 0.2) is 0 Å². The van der Waals surface area contributed by atoms with E-state index in [4.69, 9.17) is 0 Å². The highest BCUT2D eigenvalue weighted by Gasteiger charge is 2.27. The third-order valence-corrected chi connectivity index (χ3v) is 8.24. The minimum Gasteiger partial charge on any atom is -0.326 e. The highest BCUT2D eigenvalue weighted by Crippen LogP contribution is 2.30. The van der Waals surface area contributed by atoms with Gasteiger partial charge < -0.3 is 5.32 Å². The number of hydrogen-bond acceptors (Lipinski definition) is 4. The third kappa shape index (κ3) is 5.60. The molecule has 1 saturated carbocycles. The fourth-order valence-corrected chi connectivity index (χ4v) is 6.32. The first-order valence-electron chi connectivity index (χ1n) is 8.65. The van der Waals surface area contributed by atoms with Crippen LogP contribution in [0.2, 0.25) is 0 Å². The van der Waals surface area contributed by atoms with E-state index in [-0.39, 0.29) is 23.6 Å². The minimum absolute atomic E-state index is 0.0657. The van der Waals surface area contributed by atoms with Gasteiger partial charge in [-0.3, -0.25) is 4.79 Å². The van der Waals surface area contributed by atoms with Gasteiger partial charge in [0.25, 0.3) is 0 Å². The van der Waals surface area contributed by atoms with Gasteiger partial charge in [-0.2, -0.15) is 0 Å². The largest absolute Gasteiger partial charge is 0.326 e. The minimum atomic E-state index is -3.48. The Morgan fingerprint density at radius 3 is 2.37 bits per heavy atom. The van der Waals surface area contributed by atoms with Gasteiger partial charge in [-0.15, -0.1) is 11.3 Å². The van der Waals surface area contributed by atoms with Crippen LogP contribution in [0.5, 0.6) is 0 Å². The van der Waals surface area contributed by atoms with Crippen molar-refractivity contribution in [3.63, 3.8) is 0 Å². The Morgan fingerprint density at radius 2 is 1.78 bits per heavy atom. The Bertz CT molecular complexity index is 892. The first-order chi connectivity index (χ1) is 12.8. The van der Waals surface area contributed by atoms with Crippen molar-refractivity contribution < 1.29 is 17.6 Å². The number of amides is 1. The first-order valence-corrected chi connectivity index (χ1v) is 11.7. The second kappa shape index (κ2) is 8.81. The average Bonchev–Trinajstić information content (AvgIpc) is 3.10. The highest BCUT2D eigenvalue weighted by molar-refractivity contribution is 9.11. The van der Waals surface area contributed by atoms with E-state index in [0.717, 1.165) is 16.6 Å². The van der Waals surface area contributed by atoms with Crippen molar-refractivity contribution in [2.45, 2.75) is 29.9 Å². The van der Waals surface area contributed by atoms with Gasteiger partial charge in [-0.25, -0.2) is 17.5 Å². The molecule has 1 aromatic heterocycles. The molecule has 1 fully saturated rings. The van der Waals surface area contributed by atoms with Crippen molar-refractivity contribution in [2.24, 2.45) is 11.8 Å². The predicted molar refractivity (Wildman–Crippen MR) is 108 cm³/mol. The molecule has 1 aliphatic carbocycles. The standard InChI is InChI=1S/C18H20BrFN2O3S2/c19-16-9-10-17(26-16)27(24,25)21-11-12-1-3-13(4-2-12)18(23)22-15-7-5-14(20)6-8-15/h5-10,12-13,21H,1-4,11H2,(H,22,23). The zero-order valence-corrected chi connectivity index (χ0v) is 17.7.